The van der Waals surface area contributed by atoms with Gasteiger partial charge in [0.1, 0.15) is 11.5 Å². The van der Waals surface area contributed by atoms with Gasteiger partial charge in [0.05, 0.1) is 14.2 Å². The van der Waals surface area contributed by atoms with Crippen molar-refractivity contribution >= 4 is 0 Å². The zero-order valence-electron chi connectivity index (χ0n) is 11.9. The summed E-state index contributed by atoms with van der Waals surface area (Å²) in [5, 5.41) is 3.41. The summed E-state index contributed by atoms with van der Waals surface area (Å²) in [6, 6.07) is 12.4. The van der Waals surface area contributed by atoms with Crippen molar-refractivity contribution in [1.82, 2.24) is 5.32 Å². The third-order valence-electron chi connectivity index (χ3n) is 3.84. The first-order chi connectivity index (χ1) is 9.83. The highest BCUT2D eigenvalue weighted by Gasteiger charge is 2.16. The largest absolute Gasteiger partial charge is 0.497 e. The van der Waals surface area contributed by atoms with Gasteiger partial charge in [0, 0.05) is 12.1 Å². The lowest BCUT2D eigenvalue weighted by Gasteiger charge is -2.21. The average molecular weight is 269 g/mol. The summed E-state index contributed by atoms with van der Waals surface area (Å²) in [6.07, 6.45) is 1.05. The quantitative estimate of drug-likeness (QED) is 0.929. The molecule has 0 radical (unpaired) electrons. The molecule has 3 rings (SSSR count). The molecule has 3 heteroatoms. The molecule has 1 aliphatic rings. The molecule has 0 amide bonds. The minimum Gasteiger partial charge on any atom is -0.497 e. The zero-order chi connectivity index (χ0) is 13.9. The molecule has 0 bridgehead atoms. The molecule has 0 fully saturated rings. The van der Waals surface area contributed by atoms with Gasteiger partial charge in [-0.15, -0.1) is 0 Å². The Hall–Kier alpha value is -2.00. The molecule has 1 heterocycles. The van der Waals surface area contributed by atoms with E-state index in [9.17, 15) is 0 Å². The van der Waals surface area contributed by atoms with E-state index in [1.165, 1.54) is 16.7 Å². The molecule has 3 nitrogen and oxygen atoms in total. The van der Waals surface area contributed by atoms with Crippen LogP contribution in [0.5, 0.6) is 11.5 Å². The average Bonchev–Trinajstić information content (AvgIpc) is 2.53. The molecule has 1 aliphatic heterocycles. The molecule has 0 atom stereocenters. The van der Waals surface area contributed by atoms with Crippen molar-refractivity contribution in [3.05, 3.63) is 47.5 Å². The van der Waals surface area contributed by atoms with E-state index in [2.05, 4.69) is 29.6 Å². The molecule has 104 valence electrons. The molecule has 20 heavy (non-hydrogen) atoms. The fourth-order valence-corrected chi connectivity index (χ4v) is 2.81. The summed E-state index contributed by atoms with van der Waals surface area (Å²) in [5.74, 6) is 1.74. The Morgan fingerprint density at radius 2 is 1.90 bits per heavy atom. The predicted molar refractivity (Wildman–Crippen MR) is 80.4 cm³/mol. The van der Waals surface area contributed by atoms with Crippen LogP contribution in [0.25, 0.3) is 11.1 Å². The summed E-state index contributed by atoms with van der Waals surface area (Å²) in [5.41, 5.74) is 5.14. The monoisotopic (exact) mass is 269 g/mol. The number of methoxy groups -OCH3 is 2. The van der Waals surface area contributed by atoms with Crippen LogP contribution in [-0.2, 0) is 13.0 Å². The second-order valence-electron chi connectivity index (χ2n) is 4.94. The highest BCUT2D eigenvalue weighted by Crippen LogP contribution is 2.37. The van der Waals surface area contributed by atoms with Gasteiger partial charge in [0.15, 0.2) is 0 Å². The fraction of sp³-hybridized carbons (Fsp3) is 0.294. The number of hydrogen-bond donors (Lipinski definition) is 1. The van der Waals surface area contributed by atoms with Crippen LogP contribution in [0, 0.1) is 0 Å². The topological polar surface area (TPSA) is 30.5 Å². The van der Waals surface area contributed by atoms with Crippen LogP contribution < -0.4 is 14.8 Å². The van der Waals surface area contributed by atoms with Gasteiger partial charge in [-0.3, -0.25) is 0 Å². The maximum Gasteiger partial charge on any atom is 0.126 e. The highest BCUT2D eigenvalue weighted by atomic mass is 16.5. The SMILES string of the molecule is COc1ccc(OC)c(-c2cccc3c2CCNC3)c1. The van der Waals surface area contributed by atoms with Gasteiger partial charge in [-0.1, -0.05) is 18.2 Å². The lowest BCUT2D eigenvalue weighted by molar-refractivity contribution is 0.404. The Morgan fingerprint density at radius 3 is 2.70 bits per heavy atom. The van der Waals surface area contributed by atoms with Crippen molar-refractivity contribution in [2.75, 3.05) is 20.8 Å². The molecule has 0 aromatic heterocycles. The van der Waals surface area contributed by atoms with E-state index in [1.807, 2.05) is 12.1 Å². The van der Waals surface area contributed by atoms with Crippen LogP contribution in [0.2, 0.25) is 0 Å². The third kappa shape index (κ3) is 2.25. The maximum atomic E-state index is 5.52. The van der Waals surface area contributed by atoms with E-state index in [0.717, 1.165) is 36.6 Å². The summed E-state index contributed by atoms with van der Waals surface area (Å²) >= 11 is 0. The summed E-state index contributed by atoms with van der Waals surface area (Å²) in [6.45, 7) is 1.96. The van der Waals surface area contributed by atoms with E-state index < -0.39 is 0 Å². The normalized spacial score (nSPS) is 13.7. The van der Waals surface area contributed by atoms with Crippen LogP contribution in [0.1, 0.15) is 11.1 Å². The van der Waals surface area contributed by atoms with Crippen LogP contribution >= 0.6 is 0 Å². The van der Waals surface area contributed by atoms with Gasteiger partial charge in [-0.2, -0.15) is 0 Å². The Bertz CT molecular complexity index is 622. The van der Waals surface area contributed by atoms with Gasteiger partial charge < -0.3 is 14.8 Å². The minimum atomic E-state index is 0.854. The Morgan fingerprint density at radius 1 is 1.00 bits per heavy atom. The molecule has 1 N–H and O–H groups in total. The van der Waals surface area contributed by atoms with E-state index >= 15 is 0 Å². The van der Waals surface area contributed by atoms with Crippen LogP contribution in [0.4, 0.5) is 0 Å². The van der Waals surface area contributed by atoms with Gasteiger partial charge in [0.2, 0.25) is 0 Å². The third-order valence-corrected chi connectivity index (χ3v) is 3.84. The number of nitrogens with one attached hydrogen (secondary N) is 1. The van der Waals surface area contributed by atoms with Gasteiger partial charge in [-0.25, -0.2) is 0 Å². The second-order valence-corrected chi connectivity index (χ2v) is 4.94. The number of benzene rings is 2. The highest BCUT2D eigenvalue weighted by molar-refractivity contribution is 5.76. The lowest BCUT2D eigenvalue weighted by atomic mass is 9.91. The molecule has 0 unspecified atom stereocenters. The molecule has 0 aliphatic carbocycles. The molecular weight excluding hydrogens is 250 g/mol. The summed E-state index contributed by atoms with van der Waals surface area (Å²) in [7, 11) is 3.40. The van der Waals surface area contributed by atoms with E-state index in [4.69, 9.17) is 9.47 Å². The van der Waals surface area contributed by atoms with E-state index in [0.29, 0.717) is 0 Å². The molecule has 0 spiro atoms. The Balaban J connectivity index is 2.17. The van der Waals surface area contributed by atoms with Crippen molar-refractivity contribution in [3.63, 3.8) is 0 Å². The van der Waals surface area contributed by atoms with Gasteiger partial charge in [-0.05, 0) is 47.9 Å². The summed E-state index contributed by atoms with van der Waals surface area (Å²) in [4.78, 5) is 0. The number of hydrogen-bond acceptors (Lipinski definition) is 3. The van der Waals surface area contributed by atoms with Crippen molar-refractivity contribution < 1.29 is 9.47 Å². The van der Waals surface area contributed by atoms with E-state index in [1.54, 1.807) is 14.2 Å². The number of ether oxygens (including phenoxy) is 2. The predicted octanol–water partition coefficient (Wildman–Crippen LogP) is 3.02. The first kappa shape index (κ1) is 13.0. The fourth-order valence-electron chi connectivity index (χ4n) is 2.81. The summed E-state index contributed by atoms with van der Waals surface area (Å²) < 4.78 is 10.9. The van der Waals surface area contributed by atoms with Crippen LogP contribution in [0.3, 0.4) is 0 Å². The Kier molecular flexibility index (Phi) is 3.61. The van der Waals surface area contributed by atoms with Crippen LogP contribution in [-0.4, -0.2) is 20.8 Å². The first-order valence-corrected chi connectivity index (χ1v) is 6.87. The molecule has 2 aromatic rings. The first-order valence-electron chi connectivity index (χ1n) is 6.87. The van der Waals surface area contributed by atoms with Crippen molar-refractivity contribution in [2.45, 2.75) is 13.0 Å². The van der Waals surface area contributed by atoms with Gasteiger partial charge >= 0.3 is 0 Å². The molecule has 2 aromatic carbocycles. The second kappa shape index (κ2) is 5.55. The van der Waals surface area contributed by atoms with Crippen molar-refractivity contribution in [3.8, 4) is 22.6 Å². The lowest BCUT2D eigenvalue weighted by Crippen LogP contribution is -2.24. The zero-order valence-corrected chi connectivity index (χ0v) is 11.9. The smallest absolute Gasteiger partial charge is 0.126 e. The standard InChI is InChI=1S/C17H19NO2/c1-19-13-6-7-17(20-2)16(10-13)15-5-3-4-12-11-18-9-8-14(12)15/h3-7,10,18H,8-9,11H2,1-2H3. The minimum absolute atomic E-state index is 0.854. The number of rotatable bonds is 3. The van der Waals surface area contributed by atoms with E-state index in [-0.39, 0.29) is 0 Å². The van der Waals surface area contributed by atoms with Crippen molar-refractivity contribution in [2.24, 2.45) is 0 Å². The Labute approximate surface area is 119 Å². The molecular formula is C17H19NO2. The molecule has 0 saturated carbocycles. The van der Waals surface area contributed by atoms with Gasteiger partial charge in [0.25, 0.3) is 0 Å². The maximum absolute atomic E-state index is 5.52. The number of fused-ring (bicyclic) bond motifs is 1. The molecule has 0 saturated heterocycles. The van der Waals surface area contributed by atoms with Crippen molar-refractivity contribution in [1.29, 1.82) is 0 Å². The van der Waals surface area contributed by atoms with Crippen LogP contribution in [0.15, 0.2) is 36.4 Å².